The van der Waals surface area contributed by atoms with E-state index in [0.29, 0.717) is 4.90 Å². The van der Waals surface area contributed by atoms with Gasteiger partial charge in [0.1, 0.15) is 0 Å². The summed E-state index contributed by atoms with van der Waals surface area (Å²) in [5.41, 5.74) is 0.0471. The molecule has 0 bridgehead atoms. The van der Waals surface area contributed by atoms with E-state index in [1.54, 1.807) is 18.2 Å². The van der Waals surface area contributed by atoms with E-state index in [1.807, 2.05) is 0 Å². The first-order valence-corrected chi connectivity index (χ1v) is 3.09. The molecule has 1 aromatic rings. The second-order valence-corrected chi connectivity index (χ2v) is 2.23. The van der Waals surface area contributed by atoms with Crippen LogP contribution in [-0.4, -0.2) is 4.92 Å². The zero-order valence-corrected chi connectivity index (χ0v) is 7.96. The number of nitro benzene ring substituents is 1. The van der Waals surface area contributed by atoms with Crippen LogP contribution in [0.15, 0.2) is 29.2 Å². The molecule has 0 atom stereocenters. The molecule has 0 radical (unpaired) electrons. The van der Waals surface area contributed by atoms with Gasteiger partial charge in [0, 0.05) is 6.07 Å². The van der Waals surface area contributed by atoms with Crippen LogP contribution < -0.4 is 0 Å². The molecule has 9 heteroatoms. The molecule has 0 heterocycles. The minimum atomic E-state index is -0.456. The number of nitro groups is 1. The molecule has 0 aliphatic rings. The van der Waals surface area contributed by atoms with Gasteiger partial charge in [0.25, 0.3) is 5.69 Å². The van der Waals surface area contributed by atoms with E-state index in [0.717, 1.165) is 0 Å². The molecule has 0 fully saturated rings. The van der Waals surface area contributed by atoms with Crippen LogP contribution in [0, 0.1) is 10.1 Å². The summed E-state index contributed by atoms with van der Waals surface area (Å²) >= 11 is 3.90. The summed E-state index contributed by atoms with van der Waals surface area (Å²) in [6, 6.07) is 6.32. The topological polar surface area (TPSA) is 43.1 Å². The number of hydrogen-bond donors (Lipinski definition) is 1. The number of hydrogen-bond acceptors (Lipinski definition) is 3. The van der Waals surface area contributed by atoms with E-state index < -0.39 is 4.92 Å². The second kappa shape index (κ2) is 12.6. The molecule has 92 valence electrons. The lowest BCUT2D eigenvalue weighted by atomic mass is 10.3. The van der Waals surface area contributed by atoms with Crippen LogP contribution >= 0.6 is 12.6 Å². The number of para-hydroxylation sites is 1. The SMILES string of the molecule is F.F.F.F.F.O=[N+]([O-])c1ccccc1S. The monoisotopic (exact) mass is 255 g/mol. The lowest BCUT2D eigenvalue weighted by molar-refractivity contribution is -0.387. The van der Waals surface area contributed by atoms with Crippen LogP contribution in [0.4, 0.5) is 29.2 Å². The molecule has 0 unspecified atom stereocenters. The van der Waals surface area contributed by atoms with Gasteiger partial charge in [-0.1, -0.05) is 12.1 Å². The van der Waals surface area contributed by atoms with Gasteiger partial charge in [-0.25, -0.2) is 0 Å². The Morgan fingerprint density at radius 2 is 1.40 bits per heavy atom. The molecular formula is C6H10F5NO2S. The Hall–Kier alpha value is -1.38. The van der Waals surface area contributed by atoms with Gasteiger partial charge in [0.15, 0.2) is 0 Å². The molecule has 0 aliphatic heterocycles. The standard InChI is InChI=1S/C6H5NO2S.5FH/c8-7(9)5-3-1-2-4-6(5)10;;;;;/h1-4,10H;5*1H. The number of rotatable bonds is 1. The minimum absolute atomic E-state index is 0. The first kappa shape index (κ1) is 29.2. The van der Waals surface area contributed by atoms with Crippen LogP contribution in [0.3, 0.4) is 0 Å². The van der Waals surface area contributed by atoms with Gasteiger partial charge in [-0.15, -0.1) is 12.6 Å². The summed E-state index contributed by atoms with van der Waals surface area (Å²) in [5.74, 6) is 0. The van der Waals surface area contributed by atoms with Gasteiger partial charge in [0.2, 0.25) is 0 Å². The largest absolute Gasteiger partial charge is 0.282 e. The number of thiol groups is 1. The van der Waals surface area contributed by atoms with Crippen molar-refractivity contribution in [3.05, 3.63) is 34.4 Å². The summed E-state index contributed by atoms with van der Waals surface area (Å²) in [6.07, 6.45) is 0. The van der Waals surface area contributed by atoms with E-state index in [4.69, 9.17) is 0 Å². The van der Waals surface area contributed by atoms with Gasteiger partial charge < -0.3 is 0 Å². The number of benzene rings is 1. The number of halogens is 5. The fourth-order valence-corrected chi connectivity index (χ4v) is 0.861. The maximum atomic E-state index is 10.2. The second-order valence-electron chi connectivity index (χ2n) is 1.75. The summed E-state index contributed by atoms with van der Waals surface area (Å²) in [7, 11) is 0. The highest BCUT2D eigenvalue weighted by molar-refractivity contribution is 7.80. The molecule has 0 aromatic heterocycles. The average molecular weight is 255 g/mol. The van der Waals surface area contributed by atoms with Crippen LogP contribution in [0.5, 0.6) is 0 Å². The molecule has 15 heavy (non-hydrogen) atoms. The molecule has 0 spiro atoms. The molecule has 0 N–H and O–H groups in total. The molecule has 1 rings (SSSR count). The highest BCUT2D eigenvalue weighted by atomic mass is 32.1. The zero-order valence-electron chi connectivity index (χ0n) is 7.06. The zero-order chi connectivity index (χ0) is 7.56. The maximum absolute atomic E-state index is 10.2. The normalized spacial score (nSPS) is 6.20. The Kier molecular flexibility index (Phi) is 24.6. The fraction of sp³-hybridized carbons (Fsp3) is 0. The van der Waals surface area contributed by atoms with E-state index in [9.17, 15) is 10.1 Å². The van der Waals surface area contributed by atoms with Crippen molar-refractivity contribution in [2.45, 2.75) is 4.90 Å². The third-order valence-electron chi connectivity index (χ3n) is 1.08. The van der Waals surface area contributed by atoms with E-state index in [2.05, 4.69) is 12.6 Å². The van der Waals surface area contributed by atoms with Crippen molar-refractivity contribution in [1.29, 1.82) is 0 Å². The van der Waals surface area contributed by atoms with Crippen molar-refractivity contribution in [2.75, 3.05) is 0 Å². The van der Waals surface area contributed by atoms with Gasteiger partial charge in [0.05, 0.1) is 9.82 Å². The third-order valence-corrected chi connectivity index (χ3v) is 1.46. The average Bonchev–Trinajstić information content (AvgIpc) is 1.88. The summed E-state index contributed by atoms with van der Waals surface area (Å²) < 4.78 is 0. The smallest absolute Gasteiger partial charge is 0.269 e. The number of nitrogens with zero attached hydrogens (tertiary/aromatic N) is 1. The molecule has 3 nitrogen and oxygen atoms in total. The Morgan fingerprint density at radius 1 is 1.00 bits per heavy atom. The summed E-state index contributed by atoms with van der Waals surface area (Å²) in [5, 5.41) is 10.2. The Morgan fingerprint density at radius 3 is 1.67 bits per heavy atom. The van der Waals surface area contributed by atoms with Crippen LogP contribution in [-0.2, 0) is 0 Å². The van der Waals surface area contributed by atoms with Gasteiger partial charge >= 0.3 is 0 Å². The van der Waals surface area contributed by atoms with Gasteiger partial charge in [-0.05, 0) is 6.07 Å². The van der Waals surface area contributed by atoms with Crippen molar-refractivity contribution in [3.8, 4) is 0 Å². The van der Waals surface area contributed by atoms with Gasteiger partial charge in [-0.2, -0.15) is 0 Å². The molecule has 0 saturated carbocycles. The van der Waals surface area contributed by atoms with E-state index >= 15 is 0 Å². The Bertz CT molecular complexity index is 275. The highest BCUT2D eigenvalue weighted by Crippen LogP contribution is 2.20. The molecule has 0 amide bonds. The predicted molar refractivity (Wildman–Crippen MR) is 52.9 cm³/mol. The van der Waals surface area contributed by atoms with Crippen molar-refractivity contribution < 1.29 is 28.4 Å². The van der Waals surface area contributed by atoms with Crippen molar-refractivity contribution >= 4 is 18.3 Å². The lowest BCUT2D eigenvalue weighted by Gasteiger charge is -1.91. The van der Waals surface area contributed by atoms with Crippen molar-refractivity contribution in [1.82, 2.24) is 0 Å². The summed E-state index contributed by atoms with van der Waals surface area (Å²) in [6.45, 7) is 0. The third kappa shape index (κ3) is 7.67. The molecule has 1 aromatic carbocycles. The van der Waals surface area contributed by atoms with Crippen molar-refractivity contribution in [3.63, 3.8) is 0 Å². The Labute approximate surface area is 86.9 Å². The quantitative estimate of drug-likeness (QED) is 0.363. The molecular weight excluding hydrogens is 245 g/mol. The minimum Gasteiger partial charge on any atom is -0.269 e. The van der Waals surface area contributed by atoms with Crippen molar-refractivity contribution in [2.24, 2.45) is 0 Å². The first-order chi connectivity index (χ1) is 4.72. The van der Waals surface area contributed by atoms with Crippen LogP contribution in [0.2, 0.25) is 0 Å². The highest BCUT2D eigenvalue weighted by Gasteiger charge is 2.06. The Balaban J connectivity index is -0.0000000667. The van der Waals surface area contributed by atoms with Gasteiger partial charge in [-0.3, -0.25) is 33.6 Å². The van der Waals surface area contributed by atoms with E-state index in [1.165, 1.54) is 6.07 Å². The lowest BCUT2D eigenvalue weighted by Crippen LogP contribution is -1.87. The predicted octanol–water partition coefficient (Wildman–Crippen LogP) is 2.65. The fourth-order valence-electron chi connectivity index (χ4n) is 0.619. The molecule has 0 aliphatic carbocycles. The van der Waals surface area contributed by atoms with E-state index in [-0.39, 0.29) is 29.2 Å². The van der Waals surface area contributed by atoms with Crippen LogP contribution in [0.25, 0.3) is 0 Å². The first-order valence-electron chi connectivity index (χ1n) is 2.64. The maximum Gasteiger partial charge on any atom is 0.282 e. The molecule has 0 saturated heterocycles. The van der Waals surface area contributed by atoms with Crippen LogP contribution in [0.1, 0.15) is 0 Å². The summed E-state index contributed by atoms with van der Waals surface area (Å²) in [4.78, 5) is 10.1.